The quantitative estimate of drug-likeness (QED) is 0.503. The van der Waals surface area contributed by atoms with Gasteiger partial charge in [0, 0.05) is 9.39 Å². The molecule has 0 saturated heterocycles. The summed E-state index contributed by atoms with van der Waals surface area (Å²) in [5.74, 6) is 0. The van der Waals surface area contributed by atoms with Crippen molar-refractivity contribution in [2.45, 2.75) is 0 Å². The molecule has 0 N–H and O–H groups in total. The summed E-state index contributed by atoms with van der Waals surface area (Å²) in [6.07, 6.45) is 3.32. The number of hydrogen-bond donors (Lipinski definition) is 1. The van der Waals surface area contributed by atoms with Crippen molar-refractivity contribution in [3.05, 3.63) is 34.7 Å². The first kappa shape index (κ1) is 8.05. The lowest BCUT2D eigenvalue weighted by molar-refractivity contribution is 1.89. The first-order valence-electron chi connectivity index (χ1n) is 2.06. The van der Waals surface area contributed by atoms with Crippen LogP contribution in [0.15, 0.2) is 34.7 Å². The highest BCUT2D eigenvalue weighted by molar-refractivity contribution is 9.12. The van der Waals surface area contributed by atoms with Gasteiger partial charge in [-0.15, -0.1) is 12.6 Å². The molecule has 0 aliphatic heterocycles. The van der Waals surface area contributed by atoms with Crippen LogP contribution in [0.2, 0.25) is 0 Å². The van der Waals surface area contributed by atoms with Gasteiger partial charge in [-0.3, -0.25) is 0 Å². The average molecular weight is 191 g/mol. The molecule has 0 radical (unpaired) electrons. The lowest BCUT2D eigenvalue weighted by Crippen LogP contribution is -1.63. The largest absolute Gasteiger partial charge is 0.142 e. The average Bonchev–Trinajstić information content (AvgIpc) is 1.84. The highest BCUT2D eigenvalue weighted by atomic mass is 79.9. The minimum atomic E-state index is 0.806. The van der Waals surface area contributed by atoms with E-state index in [0.29, 0.717) is 0 Å². The molecule has 0 bridgehead atoms. The van der Waals surface area contributed by atoms with Gasteiger partial charge in [-0.25, -0.2) is 0 Å². The van der Waals surface area contributed by atoms with Gasteiger partial charge in [-0.05, 0) is 15.9 Å². The van der Waals surface area contributed by atoms with E-state index in [1.807, 2.05) is 0 Å². The van der Waals surface area contributed by atoms with Crippen molar-refractivity contribution in [2.75, 3.05) is 0 Å². The molecule has 0 aliphatic carbocycles. The zero-order valence-electron chi connectivity index (χ0n) is 4.39. The molecule has 0 aromatic heterocycles. The Kier molecular flexibility index (Phi) is 4.01. The molecule has 0 aromatic carbocycles. The van der Waals surface area contributed by atoms with Crippen molar-refractivity contribution in [3.8, 4) is 0 Å². The van der Waals surface area contributed by atoms with Crippen molar-refractivity contribution in [3.63, 3.8) is 0 Å². The monoisotopic (exact) mass is 190 g/mol. The molecule has 0 nitrogen and oxygen atoms in total. The Hall–Kier alpha value is 0.0500. The lowest BCUT2D eigenvalue weighted by Gasteiger charge is -1.89. The van der Waals surface area contributed by atoms with E-state index in [1.165, 1.54) is 0 Å². The summed E-state index contributed by atoms with van der Waals surface area (Å²) < 4.78 is 0.871. The van der Waals surface area contributed by atoms with Gasteiger partial charge >= 0.3 is 0 Å². The topological polar surface area (TPSA) is 0 Å². The zero-order chi connectivity index (χ0) is 6.57. The number of thiol groups is 1. The van der Waals surface area contributed by atoms with E-state index in [9.17, 15) is 0 Å². The van der Waals surface area contributed by atoms with Crippen LogP contribution in [-0.2, 0) is 0 Å². The molecule has 0 atom stereocenters. The maximum absolute atomic E-state index is 4.05. The van der Waals surface area contributed by atoms with E-state index < -0.39 is 0 Å². The van der Waals surface area contributed by atoms with Crippen LogP contribution in [0.1, 0.15) is 0 Å². The molecule has 0 heterocycles. The summed E-state index contributed by atoms with van der Waals surface area (Å²) in [6, 6.07) is 0. The maximum atomic E-state index is 4.05. The Bertz CT molecular complexity index is 119. The second kappa shape index (κ2) is 3.98. The van der Waals surface area contributed by atoms with Crippen molar-refractivity contribution < 1.29 is 0 Å². The van der Waals surface area contributed by atoms with Crippen LogP contribution in [0.3, 0.4) is 0 Å². The standard InChI is InChI=1S/C6H7BrS/c1-3-5(7)6(8)4-2/h3-4,8H,1-2H2/b6-5-. The second-order valence-electron chi connectivity index (χ2n) is 1.14. The minimum absolute atomic E-state index is 0.806. The lowest BCUT2D eigenvalue weighted by atomic mass is 10.5. The molecule has 0 aromatic rings. The Labute approximate surface area is 63.5 Å². The highest BCUT2D eigenvalue weighted by Crippen LogP contribution is 2.16. The maximum Gasteiger partial charge on any atom is 0.0302 e. The fourth-order valence-electron chi connectivity index (χ4n) is 0.202. The fraction of sp³-hybridized carbons (Fsp3) is 0. The number of rotatable bonds is 2. The molecular weight excluding hydrogens is 184 g/mol. The number of allylic oxidation sites excluding steroid dienone is 3. The first-order valence-corrected chi connectivity index (χ1v) is 3.30. The predicted octanol–water partition coefficient (Wildman–Crippen LogP) is 2.89. The molecular formula is C6H7BrS. The molecule has 0 fully saturated rings. The summed E-state index contributed by atoms with van der Waals surface area (Å²) in [4.78, 5) is 0.806. The van der Waals surface area contributed by atoms with E-state index in [1.54, 1.807) is 12.2 Å². The fourth-order valence-corrected chi connectivity index (χ4v) is 0.455. The summed E-state index contributed by atoms with van der Waals surface area (Å²) in [6.45, 7) is 7.05. The first-order chi connectivity index (χ1) is 3.72. The van der Waals surface area contributed by atoms with Crippen LogP contribution in [0.25, 0.3) is 0 Å². The van der Waals surface area contributed by atoms with E-state index in [0.717, 1.165) is 9.39 Å². The Balaban J connectivity index is 4.25. The second-order valence-corrected chi connectivity index (χ2v) is 2.48. The molecule has 44 valence electrons. The van der Waals surface area contributed by atoms with Crippen LogP contribution in [-0.4, -0.2) is 0 Å². The van der Waals surface area contributed by atoms with Gasteiger partial charge in [0.1, 0.15) is 0 Å². The molecule has 2 heteroatoms. The van der Waals surface area contributed by atoms with Crippen molar-refractivity contribution in [1.82, 2.24) is 0 Å². The van der Waals surface area contributed by atoms with Gasteiger partial charge in [0.25, 0.3) is 0 Å². The summed E-state index contributed by atoms with van der Waals surface area (Å²) >= 11 is 7.26. The van der Waals surface area contributed by atoms with Crippen molar-refractivity contribution in [2.24, 2.45) is 0 Å². The van der Waals surface area contributed by atoms with Gasteiger partial charge in [-0.2, -0.15) is 0 Å². The SMILES string of the molecule is C=C/C(S)=C(/Br)C=C. The smallest absolute Gasteiger partial charge is 0.0302 e. The Morgan fingerprint density at radius 2 is 1.88 bits per heavy atom. The molecule has 0 aliphatic rings. The highest BCUT2D eigenvalue weighted by Gasteiger charge is 1.85. The van der Waals surface area contributed by atoms with Crippen LogP contribution in [0, 0.1) is 0 Å². The van der Waals surface area contributed by atoms with Crippen molar-refractivity contribution in [1.29, 1.82) is 0 Å². The van der Waals surface area contributed by atoms with Crippen molar-refractivity contribution >= 4 is 28.6 Å². The van der Waals surface area contributed by atoms with Crippen LogP contribution in [0.5, 0.6) is 0 Å². The van der Waals surface area contributed by atoms with Gasteiger partial charge in [0.05, 0.1) is 0 Å². The third-order valence-electron chi connectivity index (χ3n) is 0.617. The summed E-state index contributed by atoms with van der Waals surface area (Å²) in [5, 5.41) is 0. The normalized spacial score (nSPS) is 12.2. The van der Waals surface area contributed by atoms with Gasteiger partial charge < -0.3 is 0 Å². The van der Waals surface area contributed by atoms with E-state index in [2.05, 4.69) is 41.7 Å². The predicted molar refractivity (Wildman–Crippen MR) is 45.3 cm³/mol. The third kappa shape index (κ3) is 2.38. The molecule has 8 heavy (non-hydrogen) atoms. The summed E-state index contributed by atoms with van der Waals surface area (Å²) in [7, 11) is 0. The van der Waals surface area contributed by atoms with Crippen LogP contribution in [0.4, 0.5) is 0 Å². The summed E-state index contributed by atoms with van der Waals surface area (Å²) in [5.41, 5.74) is 0. The number of halogens is 1. The Morgan fingerprint density at radius 3 is 2.00 bits per heavy atom. The molecule has 0 amide bonds. The van der Waals surface area contributed by atoms with E-state index in [4.69, 9.17) is 0 Å². The Morgan fingerprint density at radius 1 is 1.38 bits per heavy atom. The van der Waals surface area contributed by atoms with Crippen LogP contribution < -0.4 is 0 Å². The zero-order valence-corrected chi connectivity index (χ0v) is 6.87. The van der Waals surface area contributed by atoms with Crippen LogP contribution >= 0.6 is 28.6 Å². The molecule has 0 spiro atoms. The van der Waals surface area contributed by atoms with Gasteiger partial charge in [0.15, 0.2) is 0 Å². The molecule has 0 rings (SSSR count). The third-order valence-corrected chi connectivity index (χ3v) is 2.10. The van der Waals surface area contributed by atoms with E-state index >= 15 is 0 Å². The van der Waals surface area contributed by atoms with Gasteiger partial charge in [0.2, 0.25) is 0 Å². The minimum Gasteiger partial charge on any atom is -0.142 e. The van der Waals surface area contributed by atoms with Gasteiger partial charge in [-0.1, -0.05) is 25.3 Å². The van der Waals surface area contributed by atoms with E-state index in [-0.39, 0.29) is 0 Å². The molecule has 0 saturated carbocycles. The number of hydrogen-bond acceptors (Lipinski definition) is 1. The molecule has 0 unspecified atom stereocenters.